The lowest BCUT2D eigenvalue weighted by Gasteiger charge is -2.24. The first-order chi connectivity index (χ1) is 23.1. The van der Waals surface area contributed by atoms with Gasteiger partial charge in [0.2, 0.25) is 17.8 Å². The number of nitrogens with one attached hydrogen (secondary N) is 5. The van der Waals surface area contributed by atoms with Gasteiger partial charge in [-0.25, -0.2) is 4.79 Å². The second kappa shape index (κ2) is 18.8. The van der Waals surface area contributed by atoms with Crippen LogP contribution in [0.1, 0.15) is 60.9 Å². The van der Waals surface area contributed by atoms with E-state index in [-0.39, 0.29) is 17.3 Å². The SMILES string of the molecule is Nc1nc(N)c(CCCNc2ccc(C(=O)N[C@@H](CCC(=O)O)C(=O)N[C@@H](CCC(=O)O)C(=O)N[C@@H](CCC(=O)O)C(=O)O)cc2)c(=O)[nH]1. The van der Waals surface area contributed by atoms with Crippen LogP contribution in [0.5, 0.6) is 0 Å². The topological polar surface area (TPSA) is 346 Å². The van der Waals surface area contributed by atoms with Crippen LogP contribution in [0.15, 0.2) is 29.1 Å². The Morgan fingerprint density at radius 2 is 1.22 bits per heavy atom. The summed E-state index contributed by atoms with van der Waals surface area (Å²) in [6.07, 6.45) is -2.45. The molecule has 0 aliphatic heterocycles. The summed E-state index contributed by atoms with van der Waals surface area (Å²) in [6.45, 7) is 0.412. The Morgan fingerprint density at radius 3 is 1.71 bits per heavy atom. The van der Waals surface area contributed by atoms with E-state index in [4.69, 9.17) is 26.8 Å². The van der Waals surface area contributed by atoms with E-state index in [1.807, 2.05) is 0 Å². The average Bonchev–Trinajstić information content (AvgIpc) is 3.01. The number of aromatic amines is 1. The number of carboxylic acid groups (broad SMARTS) is 4. The summed E-state index contributed by atoms with van der Waals surface area (Å²) < 4.78 is 0. The van der Waals surface area contributed by atoms with Crippen LogP contribution in [0, 0.1) is 0 Å². The number of hydrogen-bond donors (Lipinski definition) is 11. The molecule has 0 spiro atoms. The Labute approximate surface area is 277 Å². The molecule has 2 rings (SSSR count). The largest absolute Gasteiger partial charge is 0.481 e. The number of aliphatic carboxylic acids is 4. The predicted molar refractivity (Wildman–Crippen MR) is 170 cm³/mol. The molecule has 49 heavy (non-hydrogen) atoms. The molecule has 0 aliphatic carbocycles. The number of carboxylic acids is 4. The van der Waals surface area contributed by atoms with Gasteiger partial charge in [0.1, 0.15) is 23.9 Å². The Kier molecular flexibility index (Phi) is 15.0. The quantitative estimate of drug-likeness (QED) is 0.0680. The van der Waals surface area contributed by atoms with Crippen molar-refractivity contribution >= 4 is 59.1 Å². The van der Waals surface area contributed by atoms with E-state index in [2.05, 4.69) is 31.2 Å². The summed E-state index contributed by atoms with van der Waals surface area (Å²) >= 11 is 0. The number of nitrogens with two attached hydrogens (primary N) is 2. The summed E-state index contributed by atoms with van der Waals surface area (Å²) in [5, 5.41) is 46.3. The van der Waals surface area contributed by atoms with E-state index in [9.17, 15) is 43.5 Å². The van der Waals surface area contributed by atoms with Crippen LogP contribution < -0.4 is 38.3 Å². The first-order valence-corrected chi connectivity index (χ1v) is 14.8. The molecule has 266 valence electrons. The molecule has 13 N–H and O–H groups in total. The summed E-state index contributed by atoms with van der Waals surface area (Å²) in [5.41, 5.74) is 11.7. The van der Waals surface area contributed by atoms with E-state index < -0.39 is 104 Å². The highest BCUT2D eigenvalue weighted by Crippen LogP contribution is 2.12. The minimum atomic E-state index is -1.67. The molecule has 20 heteroatoms. The van der Waals surface area contributed by atoms with E-state index in [1.54, 1.807) is 12.1 Å². The van der Waals surface area contributed by atoms with Gasteiger partial charge in [0.25, 0.3) is 11.5 Å². The van der Waals surface area contributed by atoms with E-state index in [0.717, 1.165) is 0 Å². The van der Waals surface area contributed by atoms with Crippen molar-refractivity contribution in [2.24, 2.45) is 0 Å². The van der Waals surface area contributed by atoms with Crippen LogP contribution in [0.2, 0.25) is 0 Å². The number of amides is 3. The fraction of sp³-hybridized carbons (Fsp3) is 0.414. The molecule has 3 amide bonds. The fourth-order valence-electron chi connectivity index (χ4n) is 4.40. The second-order valence-electron chi connectivity index (χ2n) is 10.7. The number of anilines is 3. The molecule has 3 atom stereocenters. The smallest absolute Gasteiger partial charge is 0.326 e. The highest BCUT2D eigenvalue weighted by molar-refractivity contribution is 5.99. The van der Waals surface area contributed by atoms with Crippen molar-refractivity contribution in [1.29, 1.82) is 0 Å². The molecule has 2 aromatic rings. The third-order valence-electron chi connectivity index (χ3n) is 6.96. The molecule has 0 aliphatic rings. The van der Waals surface area contributed by atoms with Gasteiger partial charge in [-0.1, -0.05) is 0 Å². The molecular formula is C29H38N8O12. The van der Waals surface area contributed by atoms with Gasteiger partial charge in [-0.3, -0.25) is 38.5 Å². The zero-order valence-corrected chi connectivity index (χ0v) is 26.1. The lowest BCUT2D eigenvalue weighted by Crippen LogP contribution is -2.56. The van der Waals surface area contributed by atoms with E-state index >= 15 is 0 Å². The number of nitrogens with zero attached hydrogens (tertiary/aromatic N) is 1. The summed E-state index contributed by atoms with van der Waals surface area (Å²) in [6, 6.07) is 1.15. The monoisotopic (exact) mass is 690 g/mol. The molecule has 1 heterocycles. The molecule has 0 fully saturated rings. The summed E-state index contributed by atoms with van der Waals surface area (Å²) in [4.78, 5) is 102. The maximum Gasteiger partial charge on any atom is 0.326 e. The minimum absolute atomic E-state index is 0.0332. The van der Waals surface area contributed by atoms with Gasteiger partial charge >= 0.3 is 23.9 Å². The fourth-order valence-corrected chi connectivity index (χ4v) is 4.40. The maximum atomic E-state index is 13.2. The van der Waals surface area contributed by atoms with Crippen LogP contribution in [0.4, 0.5) is 17.5 Å². The van der Waals surface area contributed by atoms with Crippen LogP contribution in [-0.4, -0.2) is 96.7 Å². The molecule has 0 radical (unpaired) electrons. The summed E-state index contributed by atoms with van der Waals surface area (Å²) in [7, 11) is 0. The Bertz CT molecular complexity index is 1590. The van der Waals surface area contributed by atoms with Crippen molar-refractivity contribution in [1.82, 2.24) is 25.9 Å². The van der Waals surface area contributed by atoms with Crippen LogP contribution in [-0.2, 0) is 35.2 Å². The van der Waals surface area contributed by atoms with Gasteiger partial charge in [-0.05, 0) is 56.4 Å². The third-order valence-corrected chi connectivity index (χ3v) is 6.96. The zero-order valence-electron chi connectivity index (χ0n) is 26.1. The van der Waals surface area contributed by atoms with Crippen LogP contribution in [0.3, 0.4) is 0 Å². The van der Waals surface area contributed by atoms with Crippen molar-refractivity contribution in [3.63, 3.8) is 0 Å². The number of nitrogen functional groups attached to an aromatic ring is 2. The lowest BCUT2D eigenvalue weighted by molar-refractivity contribution is -0.144. The van der Waals surface area contributed by atoms with Gasteiger partial charge in [0, 0.05) is 37.1 Å². The van der Waals surface area contributed by atoms with Crippen molar-refractivity contribution in [2.75, 3.05) is 23.3 Å². The highest BCUT2D eigenvalue weighted by atomic mass is 16.4. The standard InChI is InChI=1S/C29H38N8O12/c30-23-16(25(45)37-29(31)36-23)2-1-13-32-15-5-3-14(4-6-15)24(44)33-17(7-10-20(38)39)26(46)34-18(8-11-21(40)41)27(47)35-19(28(48)49)9-12-22(42)43/h3-6,17-19,32H,1-2,7-13H2,(H,33,44)(H,34,46)(H,35,47)(H,38,39)(H,40,41)(H,42,43)(H,48,49)(H5,30,31,36,37,45)/t17-,18-,19-/m0/s1. The molecule has 1 aromatic heterocycles. The van der Waals surface area contributed by atoms with Gasteiger partial charge < -0.3 is 53.2 Å². The number of carbonyl (C=O) groups is 7. The van der Waals surface area contributed by atoms with Crippen molar-refractivity contribution < 1.29 is 54.0 Å². The number of H-pyrrole nitrogens is 1. The minimum Gasteiger partial charge on any atom is -0.481 e. The Hall–Kier alpha value is -6.21. The third kappa shape index (κ3) is 13.6. The predicted octanol–water partition coefficient (Wildman–Crippen LogP) is -1.27. The molecular weight excluding hydrogens is 652 g/mol. The van der Waals surface area contributed by atoms with Crippen molar-refractivity contribution in [3.05, 3.63) is 45.7 Å². The van der Waals surface area contributed by atoms with Gasteiger partial charge in [0.05, 0.1) is 5.56 Å². The van der Waals surface area contributed by atoms with Gasteiger partial charge in [-0.2, -0.15) is 4.98 Å². The molecule has 1 aromatic carbocycles. The van der Waals surface area contributed by atoms with Crippen LogP contribution >= 0.6 is 0 Å². The van der Waals surface area contributed by atoms with E-state index in [0.29, 0.717) is 30.6 Å². The van der Waals surface area contributed by atoms with Crippen molar-refractivity contribution in [2.45, 2.75) is 69.5 Å². The number of benzene rings is 1. The second-order valence-corrected chi connectivity index (χ2v) is 10.7. The molecule has 0 saturated heterocycles. The molecule has 20 nitrogen and oxygen atoms in total. The van der Waals surface area contributed by atoms with Gasteiger partial charge in [-0.15, -0.1) is 0 Å². The molecule has 0 bridgehead atoms. The number of carbonyl (C=O) groups excluding carboxylic acids is 3. The number of rotatable bonds is 21. The molecule has 0 saturated carbocycles. The van der Waals surface area contributed by atoms with Crippen LogP contribution in [0.25, 0.3) is 0 Å². The Morgan fingerprint density at radius 1 is 0.735 bits per heavy atom. The Balaban J connectivity index is 2.09. The average molecular weight is 691 g/mol. The normalized spacial score (nSPS) is 12.5. The number of aromatic nitrogens is 2. The maximum absolute atomic E-state index is 13.2. The summed E-state index contributed by atoms with van der Waals surface area (Å²) in [5.74, 6) is -8.56. The van der Waals surface area contributed by atoms with Gasteiger partial charge in [0.15, 0.2) is 0 Å². The highest BCUT2D eigenvalue weighted by Gasteiger charge is 2.30. The number of hydrogen-bond acceptors (Lipinski definition) is 12. The first-order valence-electron chi connectivity index (χ1n) is 14.8. The lowest BCUT2D eigenvalue weighted by atomic mass is 10.1. The van der Waals surface area contributed by atoms with Crippen molar-refractivity contribution in [3.8, 4) is 0 Å². The molecule has 0 unspecified atom stereocenters. The van der Waals surface area contributed by atoms with E-state index in [1.165, 1.54) is 12.1 Å². The zero-order chi connectivity index (χ0) is 36.7. The first kappa shape index (κ1) is 39.0.